The van der Waals surface area contributed by atoms with Crippen molar-refractivity contribution in [3.63, 3.8) is 0 Å². The fourth-order valence-corrected chi connectivity index (χ4v) is 1.39. The number of aliphatic hydroxyl groups is 2. The van der Waals surface area contributed by atoms with Crippen LogP contribution in [0.15, 0.2) is 0 Å². The molecule has 0 fully saturated rings. The van der Waals surface area contributed by atoms with E-state index in [4.69, 9.17) is 20.4 Å². The van der Waals surface area contributed by atoms with Gasteiger partial charge in [0, 0.05) is 37.2 Å². The molecular weight excluding hydrogens is 487 g/mol. The number of carboxylic acids is 6. The second-order valence-electron chi connectivity index (χ2n) is 4.87. The average molecular weight is 499 g/mol. The molecule has 4 N–H and O–H groups in total. The summed E-state index contributed by atoms with van der Waals surface area (Å²) in [5.74, 6) is -11.3. The van der Waals surface area contributed by atoms with E-state index in [0.29, 0.717) is 0 Å². The van der Waals surface area contributed by atoms with Gasteiger partial charge in [-0.2, -0.15) is 0 Å². The number of rotatable bonds is 10. The third-order valence-electron chi connectivity index (χ3n) is 2.53. The maximum absolute atomic E-state index is 10.3. The van der Waals surface area contributed by atoms with E-state index in [1.54, 1.807) is 0 Å². The molecule has 15 heteroatoms. The van der Waals surface area contributed by atoms with Gasteiger partial charge in [-0.1, -0.05) is 0 Å². The Hall–Kier alpha value is -2.46. The first kappa shape index (κ1) is 29.3. The third-order valence-corrected chi connectivity index (χ3v) is 2.53. The predicted molar refractivity (Wildman–Crippen MR) is 69.4 cm³/mol. The van der Waals surface area contributed by atoms with Gasteiger partial charge in [0.2, 0.25) is 0 Å². The molecule has 0 aromatic rings. The normalized spacial score (nSPS) is 12.2. The molecule has 0 aromatic carbocycles. The van der Waals surface area contributed by atoms with Crippen molar-refractivity contribution >= 4 is 59.7 Å². The largest absolute Gasteiger partial charge is 4.00 e. The van der Waals surface area contributed by atoms with Gasteiger partial charge < -0.3 is 60.0 Å². The Balaban J connectivity index is -0.000000411. The van der Waals surface area contributed by atoms with Crippen LogP contribution >= 0.6 is 0 Å². The molecule has 148 valence electrons. The van der Waals surface area contributed by atoms with Crippen LogP contribution in [0.4, 0.5) is 0 Å². The second kappa shape index (κ2) is 12.0. The van der Waals surface area contributed by atoms with Gasteiger partial charge in [-0.05, 0) is 0 Å². The monoisotopic (exact) mass is 500 g/mol. The second-order valence-corrected chi connectivity index (χ2v) is 4.87. The molecule has 0 aromatic heterocycles. The van der Waals surface area contributed by atoms with Crippen molar-refractivity contribution in [2.45, 2.75) is 36.9 Å². The molecule has 1 unspecified atom stereocenters. The number of carboxylic acid groups (broad SMARTS) is 6. The standard InChI is InChI=1S/2C6H8O7.Sn/c2*7-3(8)1-6(13,5(11)12)2-4(9)10;/h2*13H,1-2H2,(H,7,8)(H,9,10)(H,11,12);/q;;+4/p-4. The Morgan fingerprint density at radius 3 is 1.11 bits per heavy atom. The molecule has 0 aliphatic rings. The van der Waals surface area contributed by atoms with Crippen LogP contribution in [-0.2, 0) is 28.8 Å². The maximum Gasteiger partial charge on any atom is 4.00 e. The summed E-state index contributed by atoms with van der Waals surface area (Å²) in [4.78, 5) is 60.3. The quantitative estimate of drug-likeness (QED) is 0.203. The number of carbonyl (C=O) groups excluding carboxylic acids is 4. The van der Waals surface area contributed by atoms with E-state index in [9.17, 15) is 49.2 Å². The van der Waals surface area contributed by atoms with Crippen LogP contribution in [0.5, 0.6) is 0 Å². The zero-order valence-electron chi connectivity index (χ0n) is 13.2. The summed E-state index contributed by atoms with van der Waals surface area (Å²) in [6, 6.07) is 0. The van der Waals surface area contributed by atoms with E-state index < -0.39 is 72.7 Å². The maximum atomic E-state index is 10.3. The van der Waals surface area contributed by atoms with Gasteiger partial charge in [0.05, 0.1) is 12.4 Å². The van der Waals surface area contributed by atoms with Crippen LogP contribution in [0.25, 0.3) is 0 Å². The van der Waals surface area contributed by atoms with Crippen LogP contribution in [-0.4, -0.2) is 91.4 Å². The molecule has 0 radical (unpaired) electrons. The summed E-state index contributed by atoms with van der Waals surface area (Å²) in [5, 5.41) is 74.4. The molecule has 0 aliphatic carbocycles. The minimum absolute atomic E-state index is 0. The Morgan fingerprint density at radius 2 is 0.926 bits per heavy atom. The molecule has 27 heavy (non-hydrogen) atoms. The van der Waals surface area contributed by atoms with Crippen molar-refractivity contribution in [2.75, 3.05) is 0 Å². The van der Waals surface area contributed by atoms with Crippen molar-refractivity contribution in [1.29, 1.82) is 0 Å². The fraction of sp³-hybridized carbons (Fsp3) is 0.500. The topological polar surface area (TPSA) is 276 Å². The zero-order valence-corrected chi connectivity index (χ0v) is 16.1. The molecule has 0 saturated heterocycles. The predicted octanol–water partition coefficient (Wildman–Crippen LogP) is -8.22. The first-order chi connectivity index (χ1) is 11.6. The Labute approximate surface area is 166 Å². The zero-order chi connectivity index (χ0) is 21.3. The minimum Gasteiger partial charge on any atom is -0.550 e. The number of carbonyl (C=O) groups is 6. The molecule has 14 nitrogen and oxygen atoms in total. The summed E-state index contributed by atoms with van der Waals surface area (Å²) in [7, 11) is 0. The van der Waals surface area contributed by atoms with E-state index in [1.165, 1.54) is 0 Å². The first-order valence-corrected chi connectivity index (χ1v) is 6.26. The number of hydrogen-bond donors (Lipinski definition) is 4. The molecule has 0 bridgehead atoms. The van der Waals surface area contributed by atoms with Crippen LogP contribution < -0.4 is 20.4 Å². The summed E-state index contributed by atoms with van der Waals surface area (Å²) >= 11 is 0. The van der Waals surface area contributed by atoms with Crippen LogP contribution in [0, 0.1) is 0 Å². The molecule has 0 saturated carbocycles. The van der Waals surface area contributed by atoms with Crippen LogP contribution in [0.3, 0.4) is 0 Å². The Morgan fingerprint density at radius 1 is 0.630 bits per heavy atom. The van der Waals surface area contributed by atoms with Gasteiger partial charge in [-0.25, -0.2) is 4.79 Å². The van der Waals surface area contributed by atoms with E-state index in [0.717, 1.165) is 0 Å². The van der Waals surface area contributed by atoms with Crippen molar-refractivity contribution in [3.05, 3.63) is 0 Å². The van der Waals surface area contributed by atoms with Gasteiger partial charge in [0.25, 0.3) is 0 Å². The summed E-state index contributed by atoms with van der Waals surface area (Å²) in [5.41, 5.74) is -5.78. The van der Waals surface area contributed by atoms with Crippen molar-refractivity contribution < 1.29 is 69.6 Å². The fourth-order valence-electron chi connectivity index (χ4n) is 1.39. The van der Waals surface area contributed by atoms with E-state index in [1.807, 2.05) is 0 Å². The van der Waals surface area contributed by atoms with Crippen LogP contribution in [0.2, 0.25) is 0 Å². The molecule has 0 aliphatic heterocycles. The Bertz CT molecular complexity index is 513. The number of hydrogen-bond acceptors (Lipinski definition) is 12. The van der Waals surface area contributed by atoms with Gasteiger partial charge in [-0.15, -0.1) is 0 Å². The minimum atomic E-state index is -2.97. The molecular formula is C12H12O14Sn. The Kier molecular flexibility index (Phi) is 13.0. The van der Waals surface area contributed by atoms with Crippen LogP contribution in [0.1, 0.15) is 25.7 Å². The first-order valence-electron chi connectivity index (χ1n) is 6.26. The van der Waals surface area contributed by atoms with Crippen molar-refractivity contribution in [3.8, 4) is 0 Å². The molecule has 1 atom stereocenters. The van der Waals surface area contributed by atoms with Crippen molar-refractivity contribution in [2.24, 2.45) is 0 Å². The molecule has 0 heterocycles. The number of aliphatic carboxylic acids is 6. The van der Waals surface area contributed by atoms with E-state index >= 15 is 0 Å². The van der Waals surface area contributed by atoms with E-state index in [-0.39, 0.29) is 23.9 Å². The summed E-state index contributed by atoms with van der Waals surface area (Å²) in [6.07, 6.45) is -5.16. The van der Waals surface area contributed by atoms with Gasteiger partial charge >= 0.3 is 35.8 Å². The van der Waals surface area contributed by atoms with E-state index in [2.05, 4.69) is 0 Å². The molecule has 0 spiro atoms. The van der Waals surface area contributed by atoms with Gasteiger partial charge in [-0.3, -0.25) is 4.79 Å². The SMILES string of the molecule is O=C([O-])CC(O)(CC(=O)O)C(=O)O.O=C([O-])CC(O)(CC(=O)[O-])C(=O)[O-].[Sn+4]. The third kappa shape index (κ3) is 12.5. The summed E-state index contributed by atoms with van der Waals surface area (Å²) in [6.45, 7) is 0. The van der Waals surface area contributed by atoms with Gasteiger partial charge in [0.1, 0.15) is 5.60 Å². The average Bonchev–Trinajstić information content (AvgIpc) is 2.34. The molecule has 0 amide bonds. The van der Waals surface area contributed by atoms with Crippen molar-refractivity contribution in [1.82, 2.24) is 0 Å². The van der Waals surface area contributed by atoms with Gasteiger partial charge in [0.15, 0.2) is 5.60 Å². The summed E-state index contributed by atoms with van der Waals surface area (Å²) < 4.78 is 0. The smallest absolute Gasteiger partial charge is 0.550 e. The molecule has 0 rings (SSSR count).